The molecule has 1 aliphatic rings. The van der Waals surface area contributed by atoms with Crippen molar-refractivity contribution in [2.24, 2.45) is 0 Å². The van der Waals surface area contributed by atoms with Gasteiger partial charge in [0.25, 0.3) is 0 Å². The average molecular weight is 412 g/mol. The monoisotopic (exact) mass is 411 g/mol. The van der Waals surface area contributed by atoms with Crippen LogP contribution >= 0.6 is 0 Å². The summed E-state index contributed by atoms with van der Waals surface area (Å²) in [5.41, 5.74) is 4.95. The lowest BCUT2D eigenvalue weighted by molar-refractivity contribution is -0.132. The SMILES string of the molecule is COc1ccc(CN(C)CC(=O)N2CCN(c3cccc(C)c3C)CC2)c(OC)c1. The van der Waals surface area contributed by atoms with Crippen molar-refractivity contribution in [1.29, 1.82) is 0 Å². The molecule has 6 nitrogen and oxygen atoms in total. The van der Waals surface area contributed by atoms with Crippen LogP contribution in [-0.4, -0.2) is 69.7 Å². The van der Waals surface area contributed by atoms with E-state index < -0.39 is 0 Å². The molecule has 1 amide bonds. The van der Waals surface area contributed by atoms with Gasteiger partial charge < -0.3 is 19.3 Å². The first-order valence-electron chi connectivity index (χ1n) is 10.4. The van der Waals surface area contributed by atoms with Gasteiger partial charge in [0.1, 0.15) is 11.5 Å². The first kappa shape index (κ1) is 22.0. The number of piperazine rings is 1. The predicted molar refractivity (Wildman–Crippen MR) is 121 cm³/mol. The molecule has 0 saturated carbocycles. The summed E-state index contributed by atoms with van der Waals surface area (Å²) >= 11 is 0. The summed E-state index contributed by atoms with van der Waals surface area (Å²) in [7, 11) is 5.26. The summed E-state index contributed by atoms with van der Waals surface area (Å²) in [5.74, 6) is 1.71. The molecule has 162 valence electrons. The molecule has 0 N–H and O–H groups in total. The Hall–Kier alpha value is -2.73. The molecule has 0 atom stereocenters. The Morgan fingerprint density at radius 1 is 1.03 bits per heavy atom. The fourth-order valence-electron chi connectivity index (χ4n) is 3.94. The lowest BCUT2D eigenvalue weighted by Gasteiger charge is -2.37. The molecule has 0 aromatic heterocycles. The molecule has 1 heterocycles. The van der Waals surface area contributed by atoms with E-state index in [1.165, 1.54) is 16.8 Å². The Morgan fingerprint density at radius 2 is 1.77 bits per heavy atom. The van der Waals surface area contributed by atoms with E-state index in [4.69, 9.17) is 9.47 Å². The quantitative estimate of drug-likeness (QED) is 0.701. The van der Waals surface area contributed by atoms with Crippen LogP contribution in [0.4, 0.5) is 5.69 Å². The Labute approximate surface area is 180 Å². The number of carbonyl (C=O) groups is 1. The molecule has 0 aliphatic carbocycles. The van der Waals surface area contributed by atoms with Crippen LogP contribution in [0.2, 0.25) is 0 Å². The molecule has 2 aromatic carbocycles. The normalized spacial score (nSPS) is 14.2. The van der Waals surface area contributed by atoms with Crippen molar-refractivity contribution in [3.8, 4) is 11.5 Å². The number of likely N-dealkylation sites (N-methyl/N-ethyl adjacent to an activating group) is 1. The molecular weight excluding hydrogens is 378 g/mol. The predicted octanol–water partition coefficient (Wildman–Crippen LogP) is 3.10. The third-order valence-electron chi connectivity index (χ3n) is 5.89. The van der Waals surface area contributed by atoms with Crippen LogP contribution in [0.3, 0.4) is 0 Å². The summed E-state index contributed by atoms with van der Waals surface area (Å²) in [6, 6.07) is 12.2. The van der Waals surface area contributed by atoms with E-state index in [9.17, 15) is 4.79 Å². The summed E-state index contributed by atoms with van der Waals surface area (Å²) in [5, 5.41) is 0. The standard InChI is InChI=1S/C24H33N3O3/c1-18-7-6-8-22(19(18)2)26-11-13-27(14-12-26)24(28)17-25(3)16-20-9-10-21(29-4)15-23(20)30-5/h6-10,15H,11-14,16-17H2,1-5H3. The maximum absolute atomic E-state index is 12.8. The number of carbonyl (C=O) groups excluding carboxylic acids is 1. The lowest BCUT2D eigenvalue weighted by atomic mass is 10.1. The zero-order valence-electron chi connectivity index (χ0n) is 18.8. The van der Waals surface area contributed by atoms with Crippen molar-refractivity contribution < 1.29 is 14.3 Å². The molecule has 3 rings (SSSR count). The zero-order valence-corrected chi connectivity index (χ0v) is 18.8. The fraction of sp³-hybridized carbons (Fsp3) is 0.458. The number of nitrogens with zero attached hydrogens (tertiary/aromatic N) is 3. The third kappa shape index (κ3) is 5.05. The molecule has 0 unspecified atom stereocenters. The van der Waals surface area contributed by atoms with Gasteiger partial charge in [-0.25, -0.2) is 0 Å². The summed E-state index contributed by atoms with van der Waals surface area (Å²) in [6.07, 6.45) is 0. The van der Waals surface area contributed by atoms with Crippen molar-refractivity contribution in [3.63, 3.8) is 0 Å². The highest BCUT2D eigenvalue weighted by Gasteiger charge is 2.23. The Kier molecular flexibility index (Phi) is 7.21. The summed E-state index contributed by atoms with van der Waals surface area (Å²) < 4.78 is 10.7. The van der Waals surface area contributed by atoms with E-state index in [0.717, 1.165) is 43.2 Å². The molecule has 1 aliphatic heterocycles. The molecular formula is C24H33N3O3. The van der Waals surface area contributed by atoms with Crippen molar-refractivity contribution >= 4 is 11.6 Å². The minimum atomic E-state index is 0.172. The number of methoxy groups -OCH3 is 2. The molecule has 2 aromatic rings. The topological polar surface area (TPSA) is 45.2 Å². The van der Waals surface area contributed by atoms with Crippen LogP contribution in [-0.2, 0) is 11.3 Å². The average Bonchev–Trinajstić information content (AvgIpc) is 2.76. The van der Waals surface area contributed by atoms with Crippen molar-refractivity contribution in [2.75, 3.05) is 58.9 Å². The number of anilines is 1. The van der Waals surface area contributed by atoms with Crippen LogP contribution in [0.5, 0.6) is 11.5 Å². The van der Waals surface area contributed by atoms with E-state index in [0.29, 0.717) is 13.1 Å². The number of amides is 1. The Bertz CT molecular complexity index is 876. The smallest absolute Gasteiger partial charge is 0.236 e. The fourth-order valence-corrected chi connectivity index (χ4v) is 3.94. The van der Waals surface area contributed by atoms with Crippen LogP contribution in [0, 0.1) is 13.8 Å². The summed E-state index contributed by atoms with van der Waals surface area (Å²) in [4.78, 5) is 19.2. The van der Waals surface area contributed by atoms with Crippen molar-refractivity contribution in [2.45, 2.75) is 20.4 Å². The maximum atomic E-state index is 12.8. The third-order valence-corrected chi connectivity index (χ3v) is 5.89. The molecule has 0 bridgehead atoms. The second-order valence-electron chi connectivity index (χ2n) is 7.94. The first-order chi connectivity index (χ1) is 14.4. The van der Waals surface area contributed by atoms with Gasteiger partial charge in [0.2, 0.25) is 5.91 Å². The molecule has 0 radical (unpaired) electrons. The molecule has 6 heteroatoms. The second-order valence-corrected chi connectivity index (χ2v) is 7.94. The van der Waals surface area contributed by atoms with Crippen LogP contribution in [0.25, 0.3) is 0 Å². The zero-order chi connectivity index (χ0) is 21.7. The minimum absolute atomic E-state index is 0.172. The van der Waals surface area contributed by atoms with Gasteiger partial charge in [0.15, 0.2) is 0 Å². The van der Waals surface area contributed by atoms with Gasteiger partial charge in [-0.3, -0.25) is 9.69 Å². The van der Waals surface area contributed by atoms with E-state index >= 15 is 0 Å². The van der Waals surface area contributed by atoms with Crippen LogP contribution in [0.1, 0.15) is 16.7 Å². The Morgan fingerprint density at radius 3 is 2.43 bits per heavy atom. The van der Waals surface area contributed by atoms with E-state index in [1.807, 2.05) is 35.0 Å². The van der Waals surface area contributed by atoms with Gasteiger partial charge >= 0.3 is 0 Å². The van der Waals surface area contributed by atoms with Gasteiger partial charge in [-0.2, -0.15) is 0 Å². The van der Waals surface area contributed by atoms with Gasteiger partial charge in [0, 0.05) is 50.0 Å². The largest absolute Gasteiger partial charge is 0.497 e. The summed E-state index contributed by atoms with van der Waals surface area (Å²) in [6.45, 7) is 8.59. The van der Waals surface area contributed by atoms with Gasteiger partial charge in [-0.15, -0.1) is 0 Å². The van der Waals surface area contributed by atoms with E-state index in [1.54, 1.807) is 14.2 Å². The minimum Gasteiger partial charge on any atom is -0.497 e. The van der Waals surface area contributed by atoms with E-state index in [-0.39, 0.29) is 5.91 Å². The maximum Gasteiger partial charge on any atom is 0.236 e. The number of rotatable bonds is 7. The van der Waals surface area contributed by atoms with Gasteiger partial charge in [-0.1, -0.05) is 18.2 Å². The van der Waals surface area contributed by atoms with Gasteiger partial charge in [-0.05, 0) is 44.2 Å². The van der Waals surface area contributed by atoms with Crippen LogP contribution < -0.4 is 14.4 Å². The number of hydrogen-bond acceptors (Lipinski definition) is 5. The van der Waals surface area contributed by atoms with Crippen LogP contribution in [0.15, 0.2) is 36.4 Å². The molecule has 1 saturated heterocycles. The molecule has 0 spiro atoms. The molecule has 30 heavy (non-hydrogen) atoms. The lowest BCUT2D eigenvalue weighted by Crippen LogP contribution is -2.51. The highest BCUT2D eigenvalue weighted by Crippen LogP contribution is 2.26. The van der Waals surface area contributed by atoms with Crippen molar-refractivity contribution in [1.82, 2.24) is 9.80 Å². The first-order valence-corrected chi connectivity index (χ1v) is 10.4. The highest BCUT2D eigenvalue weighted by atomic mass is 16.5. The number of benzene rings is 2. The highest BCUT2D eigenvalue weighted by molar-refractivity contribution is 5.78. The van der Waals surface area contributed by atoms with Crippen molar-refractivity contribution in [3.05, 3.63) is 53.1 Å². The van der Waals surface area contributed by atoms with E-state index in [2.05, 4.69) is 36.9 Å². The number of ether oxygens (including phenoxy) is 2. The molecule has 1 fully saturated rings. The second kappa shape index (κ2) is 9.85. The van der Waals surface area contributed by atoms with Gasteiger partial charge in [0.05, 0.1) is 20.8 Å². The Balaban J connectivity index is 1.54. The number of aryl methyl sites for hydroxylation is 1. The number of hydrogen-bond donors (Lipinski definition) is 0.